The summed E-state index contributed by atoms with van der Waals surface area (Å²) in [4.78, 5) is 0. The number of nitrogens with one attached hydrogen (secondary N) is 1. The molecule has 0 aliphatic heterocycles. The van der Waals surface area contributed by atoms with Gasteiger partial charge in [-0.15, -0.1) is 0 Å². The minimum Gasteiger partial charge on any atom is -0.313 e. The number of rotatable bonds is 5. The molecule has 0 aromatic heterocycles. The highest BCUT2D eigenvalue weighted by Gasteiger charge is 2.06. The van der Waals surface area contributed by atoms with Gasteiger partial charge in [-0.3, -0.25) is 0 Å². The van der Waals surface area contributed by atoms with Crippen LogP contribution in [0.25, 0.3) is 11.1 Å². The van der Waals surface area contributed by atoms with Crippen LogP contribution in [0.4, 0.5) is 8.78 Å². The maximum atomic E-state index is 13.8. The van der Waals surface area contributed by atoms with Gasteiger partial charge in [0, 0.05) is 12.1 Å². The molecule has 0 amide bonds. The molecule has 2 aromatic carbocycles. The monoisotopic (exact) mass is 275 g/mol. The number of benzene rings is 2. The Morgan fingerprint density at radius 3 is 2.50 bits per heavy atom. The Morgan fingerprint density at radius 1 is 1.00 bits per heavy atom. The molecule has 0 aliphatic carbocycles. The van der Waals surface area contributed by atoms with E-state index in [1.165, 1.54) is 18.2 Å². The van der Waals surface area contributed by atoms with Gasteiger partial charge >= 0.3 is 0 Å². The molecule has 2 rings (SSSR count). The van der Waals surface area contributed by atoms with E-state index in [2.05, 4.69) is 12.2 Å². The van der Waals surface area contributed by atoms with E-state index in [1.54, 1.807) is 12.1 Å². The van der Waals surface area contributed by atoms with Crippen molar-refractivity contribution in [1.82, 2.24) is 5.32 Å². The molecule has 0 saturated carbocycles. The highest BCUT2D eigenvalue weighted by Crippen LogP contribution is 2.24. The van der Waals surface area contributed by atoms with Crippen molar-refractivity contribution >= 4 is 0 Å². The van der Waals surface area contributed by atoms with Gasteiger partial charge in [0.15, 0.2) is 0 Å². The molecule has 0 spiro atoms. The molecular weight excluding hydrogens is 256 g/mol. The van der Waals surface area contributed by atoms with E-state index in [-0.39, 0.29) is 11.6 Å². The van der Waals surface area contributed by atoms with Crippen LogP contribution in [0.2, 0.25) is 0 Å². The fourth-order valence-corrected chi connectivity index (χ4v) is 2.19. The van der Waals surface area contributed by atoms with Gasteiger partial charge in [-0.25, -0.2) is 8.78 Å². The number of halogens is 2. The first-order chi connectivity index (χ1) is 9.60. The Bertz CT molecular complexity index is 573. The van der Waals surface area contributed by atoms with E-state index < -0.39 is 0 Å². The van der Waals surface area contributed by atoms with E-state index in [9.17, 15) is 8.78 Å². The van der Waals surface area contributed by atoms with Crippen molar-refractivity contribution in [3.63, 3.8) is 0 Å². The van der Waals surface area contributed by atoms with Gasteiger partial charge in [-0.1, -0.05) is 19.1 Å². The highest BCUT2D eigenvalue weighted by molar-refractivity contribution is 5.65. The summed E-state index contributed by atoms with van der Waals surface area (Å²) in [6.07, 6.45) is 1.00. The summed E-state index contributed by atoms with van der Waals surface area (Å²) in [7, 11) is 0. The molecule has 0 fully saturated rings. The second-order valence-electron chi connectivity index (χ2n) is 5.00. The fourth-order valence-electron chi connectivity index (χ4n) is 2.19. The van der Waals surface area contributed by atoms with Crippen LogP contribution in [-0.4, -0.2) is 6.54 Å². The van der Waals surface area contributed by atoms with Crippen LogP contribution in [0.1, 0.15) is 24.5 Å². The van der Waals surface area contributed by atoms with Crippen LogP contribution in [0.15, 0.2) is 36.4 Å². The lowest BCUT2D eigenvalue weighted by Crippen LogP contribution is -2.14. The fraction of sp³-hybridized carbons (Fsp3) is 0.294. The molecule has 1 N–H and O–H groups in total. The van der Waals surface area contributed by atoms with Crippen molar-refractivity contribution in [3.8, 4) is 11.1 Å². The quantitative estimate of drug-likeness (QED) is 0.795. The van der Waals surface area contributed by atoms with Crippen molar-refractivity contribution in [2.45, 2.75) is 26.8 Å². The van der Waals surface area contributed by atoms with Gasteiger partial charge in [0.05, 0.1) is 0 Å². The topological polar surface area (TPSA) is 12.0 Å². The van der Waals surface area contributed by atoms with E-state index in [4.69, 9.17) is 0 Å². The summed E-state index contributed by atoms with van der Waals surface area (Å²) >= 11 is 0. The molecule has 0 unspecified atom stereocenters. The summed E-state index contributed by atoms with van der Waals surface area (Å²) in [5.41, 5.74) is 3.08. The Morgan fingerprint density at radius 2 is 1.80 bits per heavy atom. The summed E-state index contributed by atoms with van der Waals surface area (Å²) in [5.74, 6) is -0.500. The average molecular weight is 275 g/mol. The third kappa shape index (κ3) is 3.64. The third-order valence-electron chi connectivity index (χ3n) is 3.16. The summed E-state index contributed by atoms with van der Waals surface area (Å²) in [6.45, 7) is 5.25. The molecule has 0 bridgehead atoms. The molecule has 2 aromatic rings. The first kappa shape index (κ1) is 14.7. The standard InChI is InChI=1S/C17H19F2N/c1-3-6-20-11-15-9-13(4-5-17(15)19)14-7-12(2)8-16(18)10-14/h4-5,7-10,20H,3,6,11H2,1-2H3. The number of hydrogen-bond acceptors (Lipinski definition) is 1. The smallest absolute Gasteiger partial charge is 0.127 e. The van der Waals surface area contributed by atoms with Gasteiger partial charge in [0.2, 0.25) is 0 Å². The Labute approximate surface area is 118 Å². The van der Waals surface area contributed by atoms with E-state index in [1.807, 2.05) is 13.0 Å². The molecular formula is C17H19F2N. The van der Waals surface area contributed by atoms with Crippen LogP contribution >= 0.6 is 0 Å². The zero-order valence-electron chi connectivity index (χ0n) is 11.8. The van der Waals surface area contributed by atoms with Crippen molar-refractivity contribution in [1.29, 1.82) is 0 Å². The molecule has 0 atom stereocenters. The number of aryl methyl sites for hydroxylation is 1. The second-order valence-corrected chi connectivity index (χ2v) is 5.00. The summed E-state index contributed by atoms with van der Waals surface area (Å²) in [5, 5.41) is 3.18. The first-order valence-corrected chi connectivity index (χ1v) is 6.87. The minimum atomic E-state index is -0.269. The molecule has 106 valence electrons. The van der Waals surface area contributed by atoms with E-state index >= 15 is 0 Å². The third-order valence-corrected chi connectivity index (χ3v) is 3.16. The maximum Gasteiger partial charge on any atom is 0.127 e. The van der Waals surface area contributed by atoms with Crippen molar-refractivity contribution in [3.05, 3.63) is 59.2 Å². The Kier molecular flexibility index (Phi) is 4.85. The lowest BCUT2D eigenvalue weighted by atomic mass is 10.0. The molecule has 3 heteroatoms. The maximum absolute atomic E-state index is 13.8. The van der Waals surface area contributed by atoms with Crippen molar-refractivity contribution in [2.75, 3.05) is 6.54 Å². The predicted octanol–water partition coefficient (Wildman–Crippen LogP) is 4.44. The lowest BCUT2D eigenvalue weighted by molar-refractivity contribution is 0.587. The largest absolute Gasteiger partial charge is 0.313 e. The second kappa shape index (κ2) is 6.62. The summed E-state index contributed by atoms with van der Waals surface area (Å²) < 4.78 is 27.2. The van der Waals surface area contributed by atoms with Crippen LogP contribution in [0, 0.1) is 18.6 Å². The molecule has 0 heterocycles. The average Bonchev–Trinajstić information content (AvgIpc) is 2.40. The van der Waals surface area contributed by atoms with Gasteiger partial charge in [-0.05, 0) is 60.8 Å². The van der Waals surface area contributed by atoms with Crippen molar-refractivity contribution in [2.24, 2.45) is 0 Å². The van der Waals surface area contributed by atoms with Gasteiger partial charge in [0.1, 0.15) is 11.6 Å². The summed E-state index contributed by atoms with van der Waals surface area (Å²) in [6, 6.07) is 9.78. The van der Waals surface area contributed by atoms with Crippen molar-refractivity contribution < 1.29 is 8.78 Å². The minimum absolute atomic E-state index is 0.231. The Hall–Kier alpha value is -1.74. The SMILES string of the molecule is CCCNCc1cc(-c2cc(C)cc(F)c2)ccc1F. The molecule has 1 nitrogen and oxygen atoms in total. The molecule has 0 aliphatic rings. The van der Waals surface area contributed by atoms with Gasteiger partial charge in [-0.2, -0.15) is 0 Å². The van der Waals surface area contributed by atoms with Crippen LogP contribution in [0.3, 0.4) is 0 Å². The molecule has 0 saturated heterocycles. The van der Waals surface area contributed by atoms with Crippen LogP contribution in [0.5, 0.6) is 0 Å². The molecule has 0 radical (unpaired) electrons. The predicted molar refractivity (Wildman–Crippen MR) is 78.5 cm³/mol. The first-order valence-electron chi connectivity index (χ1n) is 6.87. The molecule has 20 heavy (non-hydrogen) atoms. The number of hydrogen-bond donors (Lipinski definition) is 1. The lowest BCUT2D eigenvalue weighted by Gasteiger charge is -2.09. The normalized spacial score (nSPS) is 10.8. The Balaban J connectivity index is 2.30. The van der Waals surface area contributed by atoms with Crippen LogP contribution in [-0.2, 0) is 6.54 Å². The van der Waals surface area contributed by atoms with E-state index in [0.717, 1.165) is 29.7 Å². The zero-order valence-corrected chi connectivity index (χ0v) is 11.8. The van der Waals surface area contributed by atoms with E-state index in [0.29, 0.717) is 12.1 Å². The highest BCUT2D eigenvalue weighted by atomic mass is 19.1. The van der Waals surface area contributed by atoms with Gasteiger partial charge < -0.3 is 5.32 Å². The van der Waals surface area contributed by atoms with Crippen LogP contribution < -0.4 is 5.32 Å². The zero-order chi connectivity index (χ0) is 14.5. The van der Waals surface area contributed by atoms with Gasteiger partial charge in [0.25, 0.3) is 0 Å².